The fraction of sp³-hybridized carbons (Fsp3) is 0.250. The smallest absolute Gasteiger partial charge is 0.107 e. The molecule has 0 unspecified atom stereocenters. The van der Waals surface area contributed by atoms with Gasteiger partial charge in [0.25, 0.3) is 0 Å². The second-order valence-electron chi connectivity index (χ2n) is 6.11. The third kappa shape index (κ3) is 5.05. The Morgan fingerprint density at radius 2 is 1.76 bits per heavy atom. The summed E-state index contributed by atoms with van der Waals surface area (Å²) >= 11 is 7.65. The highest BCUT2D eigenvalue weighted by Crippen LogP contribution is 2.27. The van der Waals surface area contributed by atoms with Crippen molar-refractivity contribution in [1.29, 1.82) is 0 Å². The summed E-state index contributed by atoms with van der Waals surface area (Å²) in [5.74, 6) is 0. The SMILES string of the molecule is CN(C)c1ccc(-c2cnc(CNCCc3ccc(Cl)cc3)s2)cc1. The van der Waals surface area contributed by atoms with Crippen LogP contribution in [0.15, 0.2) is 54.7 Å². The fourth-order valence-corrected chi connectivity index (χ4v) is 3.55. The van der Waals surface area contributed by atoms with Crippen molar-refractivity contribution in [3.63, 3.8) is 0 Å². The lowest BCUT2D eigenvalue weighted by Crippen LogP contribution is -2.16. The number of benzene rings is 2. The lowest BCUT2D eigenvalue weighted by atomic mass is 10.1. The van der Waals surface area contributed by atoms with Gasteiger partial charge in [-0.05, 0) is 48.4 Å². The predicted molar refractivity (Wildman–Crippen MR) is 109 cm³/mol. The molecule has 0 aliphatic carbocycles. The minimum Gasteiger partial charge on any atom is -0.378 e. The average molecular weight is 372 g/mol. The van der Waals surface area contributed by atoms with Crippen LogP contribution in [0.4, 0.5) is 5.69 Å². The van der Waals surface area contributed by atoms with E-state index in [1.807, 2.05) is 18.3 Å². The molecule has 0 spiro atoms. The predicted octanol–water partition coefficient (Wildman–Crippen LogP) is 4.86. The summed E-state index contributed by atoms with van der Waals surface area (Å²) in [6.07, 6.45) is 2.95. The van der Waals surface area contributed by atoms with E-state index in [9.17, 15) is 0 Å². The molecule has 1 N–H and O–H groups in total. The van der Waals surface area contributed by atoms with Gasteiger partial charge in [-0.1, -0.05) is 35.9 Å². The Hall–Kier alpha value is -1.88. The molecule has 3 aromatic rings. The summed E-state index contributed by atoms with van der Waals surface area (Å²) in [4.78, 5) is 7.85. The minimum absolute atomic E-state index is 0.783. The van der Waals surface area contributed by atoms with E-state index in [1.54, 1.807) is 11.3 Å². The van der Waals surface area contributed by atoms with E-state index in [0.29, 0.717) is 0 Å². The van der Waals surface area contributed by atoms with Crippen molar-refractivity contribution in [3.8, 4) is 10.4 Å². The van der Waals surface area contributed by atoms with E-state index in [2.05, 4.69) is 65.7 Å². The van der Waals surface area contributed by atoms with E-state index < -0.39 is 0 Å². The Morgan fingerprint density at radius 1 is 1.04 bits per heavy atom. The van der Waals surface area contributed by atoms with Crippen molar-refractivity contribution in [1.82, 2.24) is 10.3 Å². The van der Waals surface area contributed by atoms with Crippen molar-refractivity contribution < 1.29 is 0 Å². The molecule has 5 heteroatoms. The second kappa shape index (κ2) is 8.48. The average Bonchev–Trinajstić information content (AvgIpc) is 3.09. The molecule has 0 saturated carbocycles. The Balaban J connectivity index is 1.50. The van der Waals surface area contributed by atoms with Gasteiger partial charge in [-0.25, -0.2) is 4.98 Å². The van der Waals surface area contributed by atoms with Crippen LogP contribution in [0.2, 0.25) is 5.02 Å². The number of thiazole rings is 1. The molecule has 0 radical (unpaired) electrons. The van der Waals surface area contributed by atoms with Crippen molar-refractivity contribution in [2.45, 2.75) is 13.0 Å². The van der Waals surface area contributed by atoms with Gasteiger partial charge in [-0.3, -0.25) is 0 Å². The number of hydrogen-bond acceptors (Lipinski definition) is 4. The molecule has 2 aromatic carbocycles. The van der Waals surface area contributed by atoms with Crippen LogP contribution in [0.25, 0.3) is 10.4 Å². The molecule has 130 valence electrons. The molecular weight excluding hydrogens is 350 g/mol. The first-order valence-corrected chi connectivity index (χ1v) is 9.49. The first-order valence-electron chi connectivity index (χ1n) is 8.29. The Morgan fingerprint density at radius 3 is 2.44 bits per heavy atom. The maximum atomic E-state index is 5.90. The molecule has 0 bridgehead atoms. The zero-order chi connectivity index (χ0) is 17.6. The standard InChI is InChI=1S/C20H22ClN3S/c1-24(2)18-9-5-16(6-10-18)19-13-23-20(25-19)14-22-12-11-15-3-7-17(21)8-4-15/h3-10,13,22H,11-12,14H2,1-2H3. The molecule has 0 fully saturated rings. The van der Waals surface area contributed by atoms with E-state index in [1.165, 1.54) is 21.7 Å². The normalized spacial score (nSPS) is 10.8. The van der Waals surface area contributed by atoms with Crippen molar-refractivity contribution in [2.75, 3.05) is 25.5 Å². The van der Waals surface area contributed by atoms with Crippen LogP contribution in [0.3, 0.4) is 0 Å². The quantitative estimate of drug-likeness (QED) is 0.601. The third-order valence-corrected chi connectivity index (χ3v) is 5.30. The van der Waals surface area contributed by atoms with Gasteiger partial charge < -0.3 is 10.2 Å². The molecular formula is C20H22ClN3S. The van der Waals surface area contributed by atoms with Crippen LogP contribution in [0, 0.1) is 0 Å². The first-order chi connectivity index (χ1) is 12.1. The fourth-order valence-electron chi connectivity index (χ4n) is 2.53. The Kier molecular flexibility index (Phi) is 6.08. The molecule has 3 nitrogen and oxygen atoms in total. The molecule has 0 atom stereocenters. The maximum absolute atomic E-state index is 5.90. The molecule has 0 amide bonds. The summed E-state index contributed by atoms with van der Waals surface area (Å²) in [6, 6.07) is 16.6. The van der Waals surface area contributed by atoms with E-state index in [-0.39, 0.29) is 0 Å². The summed E-state index contributed by atoms with van der Waals surface area (Å²) < 4.78 is 0. The van der Waals surface area contributed by atoms with Gasteiger partial charge in [0.1, 0.15) is 5.01 Å². The van der Waals surface area contributed by atoms with Crippen LogP contribution in [-0.2, 0) is 13.0 Å². The lowest BCUT2D eigenvalue weighted by Gasteiger charge is -2.12. The van der Waals surface area contributed by atoms with Gasteiger partial charge >= 0.3 is 0 Å². The molecule has 3 rings (SSSR count). The minimum atomic E-state index is 0.783. The van der Waals surface area contributed by atoms with Gasteiger partial charge in [-0.2, -0.15) is 0 Å². The summed E-state index contributed by atoms with van der Waals surface area (Å²) in [6.45, 7) is 1.72. The van der Waals surface area contributed by atoms with Gasteiger partial charge in [0.2, 0.25) is 0 Å². The summed E-state index contributed by atoms with van der Waals surface area (Å²) in [5.41, 5.74) is 3.71. The van der Waals surface area contributed by atoms with Gasteiger partial charge in [-0.15, -0.1) is 11.3 Å². The van der Waals surface area contributed by atoms with Crippen LogP contribution in [-0.4, -0.2) is 25.6 Å². The molecule has 25 heavy (non-hydrogen) atoms. The maximum Gasteiger partial charge on any atom is 0.107 e. The number of nitrogens with zero attached hydrogens (tertiary/aromatic N) is 2. The second-order valence-corrected chi connectivity index (χ2v) is 7.66. The number of anilines is 1. The zero-order valence-corrected chi connectivity index (χ0v) is 16.1. The number of rotatable bonds is 7. The molecule has 0 aliphatic heterocycles. The lowest BCUT2D eigenvalue weighted by molar-refractivity contribution is 0.684. The topological polar surface area (TPSA) is 28.2 Å². The molecule has 1 aromatic heterocycles. The number of nitrogens with one attached hydrogen (secondary N) is 1. The number of hydrogen-bond donors (Lipinski definition) is 1. The summed E-state index contributed by atoms with van der Waals surface area (Å²) in [7, 11) is 4.10. The van der Waals surface area contributed by atoms with Gasteiger partial charge in [0.15, 0.2) is 0 Å². The highest BCUT2D eigenvalue weighted by atomic mass is 35.5. The van der Waals surface area contributed by atoms with Crippen molar-refractivity contribution in [2.24, 2.45) is 0 Å². The number of halogens is 1. The van der Waals surface area contributed by atoms with Crippen LogP contribution < -0.4 is 10.2 Å². The van der Waals surface area contributed by atoms with E-state index >= 15 is 0 Å². The van der Waals surface area contributed by atoms with E-state index in [4.69, 9.17) is 11.6 Å². The summed E-state index contributed by atoms with van der Waals surface area (Å²) in [5, 5.41) is 5.36. The Labute approximate surface area is 158 Å². The van der Waals surface area contributed by atoms with Crippen molar-refractivity contribution in [3.05, 3.63) is 70.3 Å². The largest absolute Gasteiger partial charge is 0.378 e. The molecule has 1 heterocycles. The zero-order valence-electron chi connectivity index (χ0n) is 14.5. The van der Waals surface area contributed by atoms with Gasteiger partial charge in [0, 0.05) is 37.5 Å². The molecule has 0 saturated heterocycles. The van der Waals surface area contributed by atoms with Crippen LogP contribution in [0.5, 0.6) is 0 Å². The Bertz CT molecular complexity index is 795. The van der Waals surface area contributed by atoms with E-state index in [0.717, 1.165) is 29.5 Å². The highest BCUT2D eigenvalue weighted by Gasteiger charge is 2.05. The molecule has 0 aliphatic rings. The monoisotopic (exact) mass is 371 g/mol. The van der Waals surface area contributed by atoms with Gasteiger partial charge in [0.05, 0.1) is 4.88 Å². The third-order valence-electron chi connectivity index (χ3n) is 4.00. The highest BCUT2D eigenvalue weighted by molar-refractivity contribution is 7.15. The van der Waals surface area contributed by atoms with Crippen LogP contribution in [0.1, 0.15) is 10.6 Å². The van der Waals surface area contributed by atoms with Crippen LogP contribution >= 0.6 is 22.9 Å². The van der Waals surface area contributed by atoms with Crippen molar-refractivity contribution >= 4 is 28.6 Å². The number of aromatic nitrogens is 1. The first kappa shape index (κ1) is 17.9.